The van der Waals surface area contributed by atoms with E-state index in [1.165, 1.54) is 49.9 Å². The first-order chi connectivity index (χ1) is 24.3. The van der Waals surface area contributed by atoms with E-state index in [4.69, 9.17) is 9.97 Å². The Balaban J connectivity index is 1.29. The van der Waals surface area contributed by atoms with Gasteiger partial charge in [0.2, 0.25) is 0 Å². The maximum Gasteiger partial charge on any atom is 0.252 e. The Morgan fingerprint density at radius 3 is 1.16 bits per heavy atom. The predicted molar refractivity (Wildman–Crippen MR) is 202 cm³/mol. The van der Waals surface area contributed by atoms with Crippen LogP contribution < -0.4 is 16.4 Å². The van der Waals surface area contributed by atoms with Gasteiger partial charge in [0.1, 0.15) is 11.6 Å². The van der Waals surface area contributed by atoms with E-state index < -0.39 is 0 Å². The van der Waals surface area contributed by atoms with Crippen molar-refractivity contribution in [1.29, 1.82) is 0 Å². The second-order valence-corrected chi connectivity index (χ2v) is 12.9. The zero-order valence-electron chi connectivity index (χ0n) is 26.5. The summed E-state index contributed by atoms with van der Waals surface area (Å²) < 4.78 is 4.84. The third-order valence-electron chi connectivity index (χ3n) is 10.4. The molecule has 0 atom stereocenters. The van der Waals surface area contributed by atoms with Crippen LogP contribution in [0.1, 0.15) is 0 Å². The van der Waals surface area contributed by atoms with Gasteiger partial charge >= 0.3 is 0 Å². The molecule has 0 fully saturated rings. The van der Waals surface area contributed by atoms with Crippen molar-refractivity contribution in [2.45, 2.75) is 0 Å². The lowest BCUT2D eigenvalue weighted by Gasteiger charge is -2.33. The SMILES string of the molecule is c1ccc(-c2ccc3c4c2nc(-c2ccccc2)n4-c2cccc4c2B3c2ccc(-c3ccccc3)c3nc(-c5ccccc5)n-4c23)cc1. The van der Waals surface area contributed by atoms with Gasteiger partial charge in [0.25, 0.3) is 6.71 Å². The van der Waals surface area contributed by atoms with E-state index in [0.717, 1.165) is 44.9 Å². The first-order valence-electron chi connectivity index (χ1n) is 16.8. The molecule has 7 aromatic carbocycles. The van der Waals surface area contributed by atoms with Gasteiger partial charge < -0.3 is 0 Å². The Labute approximate surface area is 283 Å². The topological polar surface area (TPSA) is 35.6 Å². The van der Waals surface area contributed by atoms with Crippen LogP contribution in [0, 0.1) is 0 Å². The molecule has 226 valence electrons. The van der Waals surface area contributed by atoms with E-state index in [2.05, 4.69) is 173 Å². The van der Waals surface area contributed by atoms with E-state index in [9.17, 15) is 0 Å². The van der Waals surface area contributed by atoms with Crippen molar-refractivity contribution in [2.24, 2.45) is 0 Å². The zero-order valence-corrected chi connectivity index (χ0v) is 26.5. The maximum atomic E-state index is 5.50. The van der Waals surface area contributed by atoms with Crippen molar-refractivity contribution in [3.8, 4) is 56.4 Å². The molecule has 49 heavy (non-hydrogen) atoms. The fourth-order valence-electron chi connectivity index (χ4n) is 8.31. The highest BCUT2D eigenvalue weighted by Gasteiger charge is 2.42. The number of hydrogen-bond acceptors (Lipinski definition) is 2. The Bertz CT molecular complexity index is 2560. The van der Waals surface area contributed by atoms with Crippen molar-refractivity contribution < 1.29 is 0 Å². The summed E-state index contributed by atoms with van der Waals surface area (Å²) in [6.45, 7) is 0.0199. The molecule has 0 saturated carbocycles. The molecule has 11 rings (SSSR count). The van der Waals surface area contributed by atoms with Crippen LogP contribution in [0.4, 0.5) is 0 Å². The molecule has 0 aliphatic carbocycles. The Kier molecular flexibility index (Phi) is 5.44. The summed E-state index contributed by atoms with van der Waals surface area (Å²) in [6, 6.07) is 58.5. The van der Waals surface area contributed by atoms with Crippen molar-refractivity contribution in [3.63, 3.8) is 0 Å². The molecule has 0 spiro atoms. The smallest absolute Gasteiger partial charge is 0.252 e. The molecule has 0 bridgehead atoms. The lowest BCUT2D eigenvalue weighted by Crippen LogP contribution is -2.59. The quantitative estimate of drug-likeness (QED) is 0.186. The third-order valence-corrected chi connectivity index (χ3v) is 10.4. The van der Waals surface area contributed by atoms with Gasteiger partial charge in [-0.25, -0.2) is 9.97 Å². The summed E-state index contributed by atoms with van der Waals surface area (Å²) in [6.07, 6.45) is 0. The van der Waals surface area contributed by atoms with Crippen molar-refractivity contribution >= 4 is 45.2 Å². The van der Waals surface area contributed by atoms with Gasteiger partial charge in [-0.3, -0.25) is 9.13 Å². The number of nitrogens with zero attached hydrogens (tertiary/aromatic N) is 4. The highest BCUT2D eigenvalue weighted by Crippen LogP contribution is 2.40. The minimum Gasteiger partial charge on any atom is -0.293 e. The highest BCUT2D eigenvalue weighted by atomic mass is 15.1. The first-order valence-corrected chi connectivity index (χ1v) is 16.8. The van der Waals surface area contributed by atoms with E-state index in [0.29, 0.717) is 0 Å². The van der Waals surface area contributed by atoms with E-state index in [-0.39, 0.29) is 6.71 Å². The normalized spacial score (nSPS) is 12.4. The monoisotopic (exact) mass is 622 g/mol. The Hall–Kier alpha value is -6.46. The molecule has 0 radical (unpaired) electrons. The van der Waals surface area contributed by atoms with E-state index >= 15 is 0 Å². The minimum atomic E-state index is 0.0199. The lowest BCUT2D eigenvalue weighted by molar-refractivity contribution is 1.07. The number of hydrogen-bond donors (Lipinski definition) is 0. The van der Waals surface area contributed by atoms with Crippen molar-refractivity contribution in [1.82, 2.24) is 19.1 Å². The Morgan fingerprint density at radius 2 is 0.755 bits per heavy atom. The van der Waals surface area contributed by atoms with Gasteiger partial charge in [-0.2, -0.15) is 0 Å². The van der Waals surface area contributed by atoms with Crippen molar-refractivity contribution in [3.05, 3.63) is 164 Å². The molecule has 2 aromatic heterocycles. The summed E-state index contributed by atoms with van der Waals surface area (Å²) in [5.41, 5.74) is 17.4. The van der Waals surface area contributed by atoms with Crippen LogP contribution in [0.3, 0.4) is 0 Å². The van der Waals surface area contributed by atoms with Crippen LogP contribution in [0.25, 0.3) is 78.5 Å². The molecule has 5 heteroatoms. The number of imidazole rings is 2. The lowest BCUT2D eigenvalue weighted by atomic mass is 9.34. The minimum absolute atomic E-state index is 0.0199. The fourth-order valence-corrected chi connectivity index (χ4v) is 8.31. The van der Waals surface area contributed by atoms with Crippen LogP contribution in [0.2, 0.25) is 0 Å². The van der Waals surface area contributed by atoms with Crippen molar-refractivity contribution in [2.75, 3.05) is 0 Å². The summed E-state index contributed by atoms with van der Waals surface area (Å²) in [5.74, 6) is 1.91. The van der Waals surface area contributed by atoms with Gasteiger partial charge in [0, 0.05) is 33.6 Å². The average molecular weight is 623 g/mol. The largest absolute Gasteiger partial charge is 0.293 e. The van der Waals surface area contributed by atoms with E-state index in [1.54, 1.807) is 0 Å². The average Bonchev–Trinajstić information content (AvgIpc) is 3.78. The van der Waals surface area contributed by atoms with Crippen LogP contribution >= 0.6 is 0 Å². The van der Waals surface area contributed by atoms with Crippen LogP contribution in [-0.2, 0) is 0 Å². The molecular formula is C44H27BN4. The number of benzene rings is 7. The highest BCUT2D eigenvalue weighted by molar-refractivity contribution is 7.00. The van der Waals surface area contributed by atoms with Gasteiger partial charge in [-0.15, -0.1) is 0 Å². The van der Waals surface area contributed by atoms with Gasteiger partial charge in [0.15, 0.2) is 0 Å². The molecule has 0 saturated heterocycles. The van der Waals surface area contributed by atoms with E-state index in [1.807, 2.05) is 0 Å². The van der Waals surface area contributed by atoms with Crippen LogP contribution in [-0.4, -0.2) is 25.8 Å². The second-order valence-electron chi connectivity index (χ2n) is 12.9. The number of rotatable bonds is 4. The molecule has 2 aliphatic heterocycles. The summed E-state index contributed by atoms with van der Waals surface area (Å²) in [4.78, 5) is 11.0. The van der Waals surface area contributed by atoms with Crippen LogP contribution in [0.15, 0.2) is 164 Å². The number of aromatic nitrogens is 4. The standard InChI is InChI=1S/C44H27BN4/c1-5-14-28(15-6-1)32-24-26-34-41-39(32)46-43(30-18-9-3-10-19-30)48(41)36-22-13-23-37-38(36)45(34)35-27-25-33(29-16-7-2-8-17-29)40-42(35)49(37)44(47-40)31-20-11-4-12-21-31/h1-27H. The molecule has 4 heterocycles. The van der Waals surface area contributed by atoms with Crippen LogP contribution in [0.5, 0.6) is 0 Å². The summed E-state index contributed by atoms with van der Waals surface area (Å²) >= 11 is 0. The molecule has 0 unspecified atom stereocenters. The molecular weight excluding hydrogens is 595 g/mol. The molecule has 9 aromatic rings. The second kappa shape index (κ2) is 10.0. The van der Waals surface area contributed by atoms with Gasteiger partial charge in [-0.05, 0) is 39.6 Å². The van der Waals surface area contributed by atoms with Gasteiger partial charge in [0.05, 0.1) is 22.1 Å². The zero-order chi connectivity index (χ0) is 32.1. The molecule has 0 N–H and O–H groups in total. The third kappa shape index (κ3) is 3.64. The molecule has 2 aliphatic rings. The molecule has 4 nitrogen and oxygen atoms in total. The number of fused-ring (bicyclic) bond motifs is 4. The van der Waals surface area contributed by atoms with Gasteiger partial charge in [-0.1, -0.05) is 152 Å². The Morgan fingerprint density at radius 1 is 0.367 bits per heavy atom. The fraction of sp³-hybridized carbons (Fsp3) is 0. The predicted octanol–water partition coefficient (Wildman–Crippen LogP) is 8.18. The maximum absolute atomic E-state index is 5.50. The first kappa shape index (κ1) is 26.6. The summed E-state index contributed by atoms with van der Waals surface area (Å²) in [5, 5.41) is 0. The molecule has 0 amide bonds. The summed E-state index contributed by atoms with van der Waals surface area (Å²) in [7, 11) is 0.